The molecule has 0 spiro atoms. The van der Waals surface area contributed by atoms with Gasteiger partial charge in [-0.1, -0.05) is 41.9 Å². The molecule has 0 saturated heterocycles. The van der Waals surface area contributed by atoms with Gasteiger partial charge in [-0.25, -0.2) is 0 Å². The van der Waals surface area contributed by atoms with Gasteiger partial charge >= 0.3 is 0 Å². The van der Waals surface area contributed by atoms with Crippen molar-refractivity contribution >= 4 is 11.6 Å². The Morgan fingerprint density at radius 1 is 1.30 bits per heavy atom. The molecule has 0 aliphatic carbocycles. The Hall–Kier alpha value is -1.36. The summed E-state index contributed by atoms with van der Waals surface area (Å²) in [6.07, 6.45) is 3.50. The minimum Gasteiger partial charge on any atom is -0.271 e. The summed E-state index contributed by atoms with van der Waals surface area (Å²) < 4.78 is 1.93. The highest BCUT2D eigenvalue weighted by Crippen LogP contribution is 2.28. The number of aryl methyl sites for hydroxylation is 1. The van der Waals surface area contributed by atoms with E-state index in [9.17, 15) is 0 Å². The maximum absolute atomic E-state index is 6.27. The number of nitrogens with two attached hydrogens (primary N) is 1. The van der Waals surface area contributed by atoms with Crippen LogP contribution in [0.4, 0.5) is 0 Å². The van der Waals surface area contributed by atoms with Crippen molar-refractivity contribution in [3.05, 3.63) is 52.8 Å². The number of aromatic nitrogens is 2. The van der Waals surface area contributed by atoms with Gasteiger partial charge < -0.3 is 0 Å². The maximum Gasteiger partial charge on any atom is 0.0834 e. The minimum atomic E-state index is -0.00685. The summed E-state index contributed by atoms with van der Waals surface area (Å²) >= 11 is 6.27. The molecule has 0 radical (unpaired) electrons. The third-order valence-electron chi connectivity index (χ3n) is 3.37. The number of hydrogen-bond donors (Lipinski definition) is 2. The number of hydrogen-bond acceptors (Lipinski definition) is 3. The Morgan fingerprint density at radius 3 is 2.60 bits per heavy atom. The predicted octanol–water partition coefficient (Wildman–Crippen LogP) is 3.25. The number of rotatable bonds is 6. The van der Waals surface area contributed by atoms with E-state index in [-0.39, 0.29) is 12.1 Å². The second kappa shape index (κ2) is 6.88. The van der Waals surface area contributed by atoms with E-state index >= 15 is 0 Å². The summed E-state index contributed by atoms with van der Waals surface area (Å²) in [7, 11) is 0. The zero-order valence-corrected chi connectivity index (χ0v) is 12.6. The lowest BCUT2D eigenvalue weighted by molar-refractivity contribution is 0.433. The zero-order valence-electron chi connectivity index (χ0n) is 11.9. The van der Waals surface area contributed by atoms with E-state index in [0.29, 0.717) is 5.02 Å². The van der Waals surface area contributed by atoms with Gasteiger partial charge in [0.25, 0.3) is 0 Å². The Kier molecular flexibility index (Phi) is 5.17. The van der Waals surface area contributed by atoms with Crippen molar-refractivity contribution in [1.82, 2.24) is 15.2 Å². The molecule has 20 heavy (non-hydrogen) atoms. The van der Waals surface area contributed by atoms with Crippen LogP contribution in [0.15, 0.2) is 36.5 Å². The van der Waals surface area contributed by atoms with Gasteiger partial charge in [0.2, 0.25) is 0 Å². The first-order valence-corrected chi connectivity index (χ1v) is 7.24. The highest BCUT2D eigenvalue weighted by molar-refractivity contribution is 6.31. The highest BCUT2D eigenvalue weighted by Gasteiger charge is 2.20. The van der Waals surface area contributed by atoms with E-state index in [0.717, 1.165) is 18.5 Å². The Balaban J connectivity index is 2.14. The molecule has 0 fully saturated rings. The van der Waals surface area contributed by atoms with Gasteiger partial charge in [-0.2, -0.15) is 5.10 Å². The Labute approximate surface area is 124 Å². The van der Waals surface area contributed by atoms with Crippen LogP contribution in [0.3, 0.4) is 0 Å². The van der Waals surface area contributed by atoms with Crippen molar-refractivity contribution in [1.29, 1.82) is 0 Å². The topological polar surface area (TPSA) is 55.9 Å². The van der Waals surface area contributed by atoms with Crippen molar-refractivity contribution in [3.8, 4) is 0 Å². The highest BCUT2D eigenvalue weighted by atomic mass is 35.5. The number of benzene rings is 1. The maximum atomic E-state index is 6.27. The van der Waals surface area contributed by atoms with Crippen LogP contribution < -0.4 is 11.3 Å². The summed E-state index contributed by atoms with van der Waals surface area (Å²) in [6.45, 7) is 4.16. The predicted molar refractivity (Wildman–Crippen MR) is 82.4 cm³/mol. The first kappa shape index (κ1) is 15.0. The molecule has 1 unspecified atom stereocenters. The Bertz CT molecular complexity index is 536. The summed E-state index contributed by atoms with van der Waals surface area (Å²) in [5.74, 6) is 5.72. The number of nitrogens with zero attached hydrogens (tertiary/aromatic N) is 2. The molecule has 0 saturated carbocycles. The van der Waals surface area contributed by atoms with E-state index in [1.807, 2.05) is 22.9 Å². The van der Waals surface area contributed by atoms with Crippen LogP contribution >= 0.6 is 11.6 Å². The molecule has 1 atom stereocenters. The van der Waals surface area contributed by atoms with Gasteiger partial charge in [0.05, 0.1) is 23.0 Å². The lowest BCUT2D eigenvalue weighted by atomic mass is 10.0. The molecule has 3 N–H and O–H groups in total. The number of halogens is 1. The standard InChI is InChI=1S/C15H21ClN4/c1-11(2)20-15(13(16)10-18-20)14(19-17)9-8-12-6-4-3-5-7-12/h3-7,10-11,14,19H,8-9,17H2,1-2H3. The lowest BCUT2D eigenvalue weighted by Crippen LogP contribution is -2.31. The molecule has 1 heterocycles. The molecule has 5 heteroatoms. The Morgan fingerprint density at radius 2 is 2.00 bits per heavy atom. The fraction of sp³-hybridized carbons (Fsp3) is 0.400. The van der Waals surface area contributed by atoms with Gasteiger partial charge in [0.15, 0.2) is 0 Å². The molecule has 2 aromatic rings. The van der Waals surface area contributed by atoms with E-state index in [4.69, 9.17) is 17.4 Å². The molecule has 2 rings (SSSR count). The van der Waals surface area contributed by atoms with Crippen molar-refractivity contribution in [3.63, 3.8) is 0 Å². The first-order valence-electron chi connectivity index (χ1n) is 6.86. The smallest absolute Gasteiger partial charge is 0.0834 e. The van der Waals surface area contributed by atoms with Crippen LogP contribution in [0.2, 0.25) is 5.02 Å². The van der Waals surface area contributed by atoms with Gasteiger partial charge in [-0.3, -0.25) is 16.0 Å². The second-order valence-electron chi connectivity index (χ2n) is 5.16. The van der Waals surface area contributed by atoms with Gasteiger partial charge in [0, 0.05) is 6.04 Å². The molecule has 0 aliphatic rings. The van der Waals surface area contributed by atoms with Crippen molar-refractivity contribution in [2.45, 2.75) is 38.8 Å². The molecule has 0 bridgehead atoms. The lowest BCUT2D eigenvalue weighted by Gasteiger charge is -2.20. The monoisotopic (exact) mass is 292 g/mol. The molecule has 108 valence electrons. The van der Waals surface area contributed by atoms with Crippen LogP contribution in [0.1, 0.15) is 43.6 Å². The summed E-state index contributed by atoms with van der Waals surface area (Å²) in [4.78, 5) is 0. The van der Waals surface area contributed by atoms with E-state index < -0.39 is 0 Å². The SMILES string of the molecule is CC(C)n1ncc(Cl)c1C(CCc1ccccc1)NN. The van der Waals surface area contributed by atoms with Crippen molar-refractivity contribution in [2.75, 3.05) is 0 Å². The van der Waals surface area contributed by atoms with Crippen LogP contribution in [0.5, 0.6) is 0 Å². The fourth-order valence-corrected chi connectivity index (χ4v) is 2.60. The molecule has 1 aromatic carbocycles. The van der Waals surface area contributed by atoms with Crippen molar-refractivity contribution in [2.24, 2.45) is 5.84 Å². The van der Waals surface area contributed by atoms with Crippen LogP contribution in [0, 0.1) is 0 Å². The number of nitrogens with one attached hydrogen (secondary N) is 1. The average Bonchev–Trinajstić information content (AvgIpc) is 2.83. The first-order chi connectivity index (χ1) is 9.63. The van der Waals surface area contributed by atoms with E-state index in [1.54, 1.807) is 6.20 Å². The summed E-state index contributed by atoms with van der Waals surface area (Å²) in [5, 5.41) is 4.99. The quantitative estimate of drug-likeness (QED) is 0.635. The third kappa shape index (κ3) is 3.39. The minimum absolute atomic E-state index is 0.00685. The van der Waals surface area contributed by atoms with E-state index in [1.165, 1.54) is 5.56 Å². The molecular weight excluding hydrogens is 272 g/mol. The third-order valence-corrected chi connectivity index (χ3v) is 3.66. The molecule has 0 aliphatic heterocycles. The molecule has 4 nitrogen and oxygen atoms in total. The zero-order chi connectivity index (χ0) is 14.5. The van der Waals surface area contributed by atoms with Crippen molar-refractivity contribution < 1.29 is 0 Å². The normalized spacial score (nSPS) is 12.8. The van der Waals surface area contributed by atoms with Crippen LogP contribution in [0.25, 0.3) is 0 Å². The average molecular weight is 293 g/mol. The second-order valence-corrected chi connectivity index (χ2v) is 5.57. The number of hydrazine groups is 1. The largest absolute Gasteiger partial charge is 0.271 e. The summed E-state index contributed by atoms with van der Waals surface area (Å²) in [5.41, 5.74) is 5.12. The van der Waals surface area contributed by atoms with Gasteiger partial charge in [0.1, 0.15) is 0 Å². The molecule has 1 aromatic heterocycles. The van der Waals surface area contributed by atoms with Crippen LogP contribution in [-0.4, -0.2) is 9.78 Å². The summed E-state index contributed by atoms with van der Waals surface area (Å²) in [6, 6.07) is 10.6. The van der Waals surface area contributed by atoms with Crippen LogP contribution in [-0.2, 0) is 6.42 Å². The van der Waals surface area contributed by atoms with Gasteiger partial charge in [-0.15, -0.1) is 0 Å². The molecule has 0 amide bonds. The molecular formula is C15H21ClN4. The van der Waals surface area contributed by atoms with Gasteiger partial charge in [-0.05, 0) is 32.3 Å². The fourth-order valence-electron chi connectivity index (χ4n) is 2.34. The van der Waals surface area contributed by atoms with E-state index in [2.05, 4.69) is 36.5 Å².